The summed E-state index contributed by atoms with van der Waals surface area (Å²) in [5.41, 5.74) is 5.38. The van der Waals surface area contributed by atoms with Crippen LogP contribution in [0.25, 0.3) is 16.9 Å². The van der Waals surface area contributed by atoms with Crippen molar-refractivity contribution in [3.05, 3.63) is 137 Å². The molecule has 0 radical (unpaired) electrons. The number of halogens is 1. The molecule has 0 aliphatic heterocycles. The van der Waals surface area contributed by atoms with Gasteiger partial charge in [0.15, 0.2) is 0 Å². The molecule has 2 aromatic heterocycles. The van der Waals surface area contributed by atoms with Crippen LogP contribution in [-0.2, 0) is 0 Å². The fourth-order valence-electron chi connectivity index (χ4n) is 3.55. The summed E-state index contributed by atoms with van der Waals surface area (Å²) in [6.45, 7) is 0. The Morgan fingerprint density at radius 3 is 1.78 bits per heavy atom. The van der Waals surface area contributed by atoms with Gasteiger partial charge in [0.05, 0.1) is 28.2 Å². The van der Waals surface area contributed by atoms with E-state index >= 15 is 0 Å². The fourth-order valence-corrected chi connectivity index (χ4v) is 3.84. The molecule has 2 aliphatic carbocycles. The Morgan fingerprint density at radius 2 is 1.31 bits per heavy atom. The molecule has 6 nitrogen and oxygen atoms in total. The monoisotopic (exact) mass is 540 g/mol. The van der Waals surface area contributed by atoms with Gasteiger partial charge in [0.1, 0.15) is 0 Å². The normalized spacial score (nSPS) is 13.3. The Morgan fingerprint density at radius 1 is 0.722 bits per heavy atom. The molecule has 0 saturated heterocycles. The summed E-state index contributed by atoms with van der Waals surface area (Å²) in [7, 11) is -1.26. The molecule has 2 heterocycles. The second kappa shape index (κ2) is 12.8. The Bertz CT molecular complexity index is 1370. The van der Waals surface area contributed by atoms with Crippen molar-refractivity contribution >= 4 is 28.6 Å². The number of hydrogen-bond donors (Lipinski definition) is 2. The van der Waals surface area contributed by atoms with Crippen molar-refractivity contribution in [2.24, 2.45) is 0 Å². The van der Waals surface area contributed by atoms with E-state index in [4.69, 9.17) is 10.0 Å². The van der Waals surface area contributed by atoms with Crippen LogP contribution in [0.3, 0.4) is 0 Å². The molecule has 4 aromatic rings. The molecule has 6 rings (SSSR count). The summed E-state index contributed by atoms with van der Waals surface area (Å²) in [6, 6.07) is 20.2. The van der Waals surface area contributed by atoms with E-state index < -0.39 is 7.12 Å². The molecule has 180 valence electrons. The molecule has 0 atom stereocenters. The Kier molecular flexibility index (Phi) is 9.05. The lowest BCUT2D eigenvalue weighted by atomic mass is 9.79. The van der Waals surface area contributed by atoms with Crippen molar-refractivity contribution in [1.29, 1.82) is 0 Å². The van der Waals surface area contributed by atoms with Crippen LogP contribution < -0.4 is 0 Å². The van der Waals surface area contributed by atoms with Gasteiger partial charge in [-0.1, -0.05) is 72.9 Å². The zero-order valence-corrected chi connectivity index (χ0v) is 21.2. The van der Waals surface area contributed by atoms with E-state index in [-0.39, 0.29) is 0 Å². The van der Waals surface area contributed by atoms with Gasteiger partial charge >= 0.3 is 7.12 Å². The molecular formula is C28H26BBrN4O2. The Labute approximate surface area is 219 Å². The molecule has 0 unspecified atom stereocenters. The molecular weight excluding hydrogens is 515 g/mol. The van der Waals surface area contributed by atoms with E-state index in [1.807, 2.05) is 82.4 Å². The van der Waals surface area contributed by atoms with E-state index in [1.165, 1.54) is 11.1 Å². The molecule has 0 fully saturated rings. The minimum atomic E-state index is -1.26. The van der Waals surface area contributed by atoms with Crippen molar-refractivity contribution in [2.45, 2.75) is 12.8 Å². The Hall–Kier alpha value is -3.72. The average Bonchev–Trinajstić information content (AvgIpc) is 3.72. The van der Waals surface area contributed by atoms with Gasteiger partial charge in [0.25, 0.3) is 0 Å². The number of hydrogen-bond acceptors (Lipinski definition) is 4. The highest BCUT2D eigenvalue weighted by Crippen LogP contribution is 2.23. The molecule has 8 heteroatoms. The molecule has 0 bridgehead atoms. The lowest BCUT2D eigenvalue weighted by molar-refractivity contribution is 0.418. The lowest BCUT2D eigenvalue weighted by Gasteiger charge is -1.99. The van der Waals surface area contributed by atoms with Crippen LogP contribution >= 0.6 is 15.9 Å². The van der Waals surface area contributed by atoms with Crippen LogP contribution in [0.15, 0.2) is 132 Å². The summed E-state index contributed by atoms with van der Waals surface area (Å²) < 4.78 is 4.73. The minimum Gasteiger partial charge on any atom is -0.423 e. The topological polar surface area (TPSA) is 76.1 Å². The Balaban J connectivity index is 0.000000135. The summed E-state index contributed by atoms with van der Waals surface area (Å²) in [5.74, 6) is 0. The van der Waals surface area contributed by atoms with Crippen molar-refractivity contribution < 1.29 is 10.0 Å². The molecule has 2 aromatic carbocycles. The highest BCUT2D eigenvalue weighted by Gasteiger charge is 2.13. The zero-order chi connectivity index (χ0) is 25.2. The number of nitrogens with zero attached hydrogens (tertiary/aromatic N) is 4. The summed E-state index contributed by atoms with van der Waals surface area (Å²) in [5, 5.41) is 25.5. The predicted molar refractivity (Wildman–Crippen MR) is 149 cm³/mol. The first-order chi connectivity index (χ1) is 17.6. The summed E-state index contributed by atoms with van der Waals surface area (Å²) in [4.78, 5) is 0. The standard InChI is InChI=1S/C14H12N2.C9H7BrN2.C5H7BO2/c1-2-8-14(9-3-1)16-11-13(10-15-16)12-6-4-5-7-12;10-8-6-11-12(7-8)9-4-2-1-3-5-9;7-6(8)5-3-1-2-4-5/h1-6,8-11H,7H2;1-7H;1-3,7-8H,4H2. The van der Waals surface area contributed by atoms with Gasteiger partial charge in [-0.05, 0) is 64.1 Å². The second-order valence-corrected chi connectivity index (χ2v) is 8.94. The lowest BCUT2D eigenvalue weighted by Crippen LogP contribution is -2.13. The predicted octanol–water partition coefficient (Wildman–Crippen LogP) is 5.74. The van der Waals surface area contributed by atoms with Crippen LogP contribution in [0, 0.1) is 0 Å². The number of aromatic nitrogens is 4. The van der Waals surface area contributed by atoms with Gasteiger partial charge in [0.2, 0.25) is 0 Å². The van der Waals surface area contributed by atoms with Gasteiger partial charge in [-0.25, -0.2) is 9.36 Å². The maximum absolute atomic E-state index is 8.50. The quantitative estimate of drug-likeness (QED) is 0.324. The summed E-state index contributed by atoms with van der Waals surface area (Å²) in [6.07, 6.45) is 21.2. The van der Waals surface area contributed by atoms with Crippen molar-refractivity contribution in [3.8, 4) is 11.4 Å². The van der Waals surface area contributed by atoms with Crippen molar-refractivity contribution in [3.63, 3.8) is 0 Å². The molecule has 0 amide bonds. The van der Waals surface area contributed by atoms with E-state index in [0.29, 0.717) is 11.9 Å². The number of benzene rings is 2. The van der Waals surface area contributed by atoms with Gasteiger partial charge < -0.3 is 10.0 Å². The van der Waals surface area contributed by atoms with E-state index in [0.717, 1.165) is 22.3 Å². The van der Waals surface area contributed by atoms with Gasteiger partial charge in [-0.3, -0.25) is 0 Å². The van der Waals surface area contributed by atoms with Crippen LogP contribution in [0.4, 0.5) is 0 Å². The number of allylic oxidation sites excluding steroid dienone is 8. The first-order valence-corrected chi connectivity index (χ1v) is 12.3. The van der Waals surface area contributed by atoms with Gasteiger partial charge in [0, 0.05) is 18.0 Å². The summed E-state index contributed by atoms with van der Waals surface area (Å²) >= 11 is 3.35. The second-order valence-electron chi connectivity index (χ2n) is 8.02. The first kappa shape index (κ1) is 25.4. The van der Waals surface area contributed by atoms with Crippen LogP contribution in [0.1, 0.15) is 18.4 Å². The van der Waals surface area contributed by atoms with E-state index in [2.05, 4.69) is 62.7 Å². The average molecular weight is 541 g/mol. The minimum absolute atomic E-state index is 0.671. The van der Waals surface area contributed by atoms with Crippen molar-refractivity contribution in [2.75, 3.05) is 0 Å². The van der Waals surface area contributed by atoms with Crippen LogP contribution in [0.5, 0.6) is 0 Å². The van der Waals surface area contributed by atoms with Gasteiger partial charge in [-0.15, -0.1) is 0 Å². The third-order valence-electron chi connectivity index (χ3n) is 5.45. The van der Waals surface area contributed by atoms with Crippen LogP contribution in [0.2, 0.25) is 0 Å². The molecule has 2 aliphatic rings. The van der Waals surface area contributed by atoms with E-state index in [1.54, 1.807) is 12.3 Å². The third kappa shape index (κ3) is 7.15. The van der Waals surface area contributed by atoms with Crippen molar-refractivity contribution in [1.82, 2.24) is 19.6 Å². The fraction of sp³-hybridized carbons (Fsp3) is 0.0714. The maximum atomic E-state index is 8.50. The smallest absolute Gasteiger partial charge is 0.423 e. The number of para-hydroxylation sites is 2. The molecule has 36 heavy (non-hydrogen) atoms. The molecule has 2 N–H and O–H groups in total. The largest absolute Gasteiger partial charge is 0.484 e. The molecule has 0 spiro atoms. The maximum Gasteiger partial charge on any atom is 0.484 e. The highest BCUT2D eigenvalue weighted by atomic mass is 79.9. The van der Waals surface area contributed by atoms with Crippen LogP contribution in [-0.4, -0.2) is 36.7 Å². The third-order valence-corrected chi connectivity index (χ3v) is 5.86. The van der Waals surface area contributed by atoms with Gasteiger partial charge in [-0.2, -0.15) is 10.2 Å². The number of rotatable bonds is 4. The molecule has 0 saturated carbocycles. The highest BCUT2D eigenvalue weighted by molar-refractivity contribution is 9.10. The first-order valence-electron chi connectivity index (χ1n) is 11.5. The SMILES string of the molecule is Brc1cnn(-c2ccccc2)c1.C1=CCC(c2cnn(-c3ccccc3)c2)=C1.OB(O)C1=CC=CC1. The van der Waals surface area contributed by atoms with E-state index in [9.17, 15) is 0 Å². The zero-order valence-electron chi connectivity index (χ0n) is 19.6.